The first-order chi connectivity index (χ1) is 12.8. The van der Waals surface area contributed by atoms with E-state index in [1.165, 1.54) is 36.8 Å². The number of benzene rings is 1. The van der Waals surface area contributed by atoms with Crippen molar-refractivity contribution in [2.24, 2.45) is 0 Å². The molecule has 4 aromatic rings. The van der Waals surface area contributed by atoms with Crippen LogP contribution >= 0.6 is 23.1 Å². The minimum Gasteiger partial charge on any atom is -0.366 e. The molecule has 5 rings (SSSR count). The van der Waals surface area contributed by atoms with Crippen molar-refractivity contribution < 1.29 is 0 Å². The quantitative estimate of drug-likeness (QED) is 0.555. The highest BCUT2D eigenvalue weighted by Gasteiger charge is 2.15. The summed E-state index contributed by atoms with van der Waals surface area (Å²) >= 11 is 3.22. The summed E-state index contributed by atoms with van der Waals surface area (Å²) in [4.78, 5) is 5.44. The smallest absolute Gasteiger partial charge is 0.217 e. The van der Waals surface area contributed by atoms with Gasteiger partial charge in [-0.15, -0.1) is 26.6 Å². The fourth-order valence-electron chi connectivity index (χ4n) is 3.37. The van der Waals surface area contributed by atoms with Gasteiger partial charge < -0.3 is 5.32 Å². The summed E-state index contributed by atoms with van der Waals surface area (Å²) in [7, 11) is 0. The molecule has 0 amide bonds. The predicted molar refractivity (Wildman–Crippen MR) is 105 cm³/mol. The Morgan fingerprint density at radius 2 is 2.00 bits per heavy atom. The molecule has 8 heteroatoms. The predicted octanol–water partition coefficient (Wildman–Crippen LogP) is 4.63. The van der Waals surface area contributed by atoms with Gasteiger partial charge >= 0.3 is 0 Å². The number of hydrogen-bond donors (Lipinski definition) is 1. The molecular weight excluding hydrogens is 364 g/mol. The van der Waals surface area contributed by atoms with E-state index in [2.05, 4.69) is 32.6 Å². The molecule has 1 N–H and O–H groups in total. The Bertz CT molecular complexity index is 1050. The molecule has 1 aliphatic carbocycles. The van der Waals surface area contributed by atoms with E-state index in [0.717, 1.165) is 27.0 Å². The third-order valence-corrected chi connectivity index (χ3v) is 6.42. The van der Waals surface area contributed by atoms with Crippen LogP contribution in [0.1, 0.15) is 32.1 Å². The zero-order valence-electron chi connectivity index (χ0n) is 14.1. The summed E-state index contributed by atoms with van der Waals surface area (Å²) in [5.41, 5.74) is 3.67. The monoisotopic (exact) mass is 382 g/mol. The minimum absolute atomic E-state index is 0.523. The van der Waals surface area contributed by atoms with Crippen LogP contribution in [0, 0.1) is 0 Å². The van der Waals surface area contributed by atoms with Crippen LogP contribution in [0.4, 0.5) is 5.82 Å². The average molecular weight is 383 g/mol. The molecule has 1 saturated carbocycles. The highest BCUT2D eigenvalue weighted by Crippen LogP contribution is 2.30. The maximum atomic E-state index is 4.73. The van der Waals surface area contributed by atoms with Crippen molar-refractivity contribution in [3.8, 4) is 0 Å². The van der Waals surface area contributed by atoms with Crippen LogP contribution in [0.15, 0.2) is 45.9 Å². The van der Waals surface area contributed by atoms with Crippen LogP contribution in [0.2, 0.25) is 0 Å². The van der Waals surface area contributed by atoms with Gasteiger partial charge in [-0.1, -0.05) is 19.3 Å². The molecular formula is C18H18N6S2. The summed E-state index contributed by atoms with van der Waals surface area (Å²) in [6.45, 7) is 0. The number of fused-ring (bicyclic) bond motifs is 2. The molecule has 132 valence electrons. The molecule has 3 heterocycles. The Morgan fingerprint density at radius 3 is 2.92 bits per heavy atom. The Hall–Kier alpha value is -2.19. The van der Waals surface area contributed by atoms with Crippen molar-refractivity contribution in [3.63, 3.8) is 0 Å². The van der Waals surface area contributed by atoms with Gasteiger partial charge in [-0.05, 0) is 54.9 Å². The molecule has 0 bridgehead atoms. The van der Waals surface area contributed by atoms with Crippen molar-refractivity contribution in [3.05, 3.63) is 35.8 Å². The van der Waals surface area contributed by atoms with Gasteiger partial charge in [0.1, 0.15) is 5.82 Å². The second-order valence-corrected chi connectivity index (χ2v) is 8.46. The number of thiazole rings is 1. The standard InChI is InChI=1S/C18H18N6S2/c1-2-4-12(5-3-1)20-16-8-9-17-21-22-18(24(17)23-16)26-13-6-7-14-15(10-13)25-11-19-14/h6-12H,1-5H2,(H,20,23). The Labute approximate surface area is 159 Å². The van der Waals surface area contributed by atoms with Crippen molar-refractivity contribution in [1.82, 2.24) is 24.8 Å². The topological polar surface area (TPSA) is 68.0 Å². The van der Waals surface area contributed by atoms with E-state index >= 15 is 0 Å². The number of rotatable bonds is 4. The summed E-state index contributed by atoms with van der Waals surface area (Å²) in [6, 6.07) is 10.7. The first kappa shape index (κ1) is 16.0. The second-order valence-electron chi connectivity index (χ2n) is 6.53. The van der Waals surface area contributed by atoms with Crippen molar-refractivity contribution in [1.29, 1.82) is 0 Å². The Morgan fingerprint density at radius 1 is 1.08 bits per heavy atom. The molecule has 0 spiro atoms. The Kier molecular flexibility index (Phi) is 4.22. The average Bonchev–Trinajstić information content (AvgIpc) is 3.29. The largest absolute Gasteiger partial charge is 0.366 e. The van der Waals surface area contributed by atoms with Crippen LogP contribution < -0.4 is 5.32 Å². The summed E-state index contributed by atoms with van der Waals surface area (Å²) < 4.78 is 3.00. The van der Waals surface area contributed by atoms with Crippen LogP contribution in [-0.4, -0.2) is 30.8 Å². The fourth-order valence-corrected chi connectivity index (χ4v) is 4.99. The zero-order valence-corrected chi connectivity index (χ0v) is 15.8. The molecule has 1 aromatic carbocycles. The molecule has 1 aliphatic rings. The maximum absolute atomic E-state index is 4.73. The molecule has 26 heavy (non-hydrogen) atoms. The van der Waals surface area contributed by atoms with Gasteiger partial charge in [0.15, 0.2) is 5.65 Å². The molecule has 1 fully saturated rings. The van der Waals surface area contributed by atoms with Crippen molar-refractivity contribution in [2.75, 3.05) is 5.32 Å². The molecule has 0 atom stereocenters. The molecule has 0 unspecified atom stereocenters. The van der Waals surface area contributed by atoms with E-state index in [9.17, 15) is 0 Å². The van der Waals surface area contributed by atoms with Gasteiger partial charge in [0.2, 0.25) is 5.16 Å². The van der Waals surface area contributed by atoms with Crippen LogP contribution in [-0.2, 0) is 0 Å². The lowest BCUT2D eigenvalue weighted by Crippen LogP contribution is -2.23. The number of nitrogens with zero attached hydrogens (tertiary/aromatic N) is 5. The van der Waals surface area contributed by atoms with E-state index in [4.69, 9.17) is 5.10 Å². The molecule has 6 nitrogen and oxygen atoms in total. The van der Waals surface area contributed by atoms with Gasteiger partial charge in [0, 0.05) is 10.9 Å². The van der Waals surface area contributed by atoms with E-state index in [1.54, 1.807) is 23.1 Å². The Balaban J connectivity index is 1.42. The number of aromatic nitrogens is 5. The molecule has 3 aromatic heterocycles. The van der Waals surface area contributed by atoms with Crippen LogP contribution in [0.25, 0.3) is 15.9 Å². The van der Waals surface area contributed by atoms with Crippen molar-refractivity contribution in [2.45, 2.75) is 48.2 Å². The van der Waals surface area contributed by atoms with Crippen LogP contribution in [0.3, 0.4) is 0 Å². The number of anilines is 1. The van der Waals surface area contributed by atoms with E-state index in [0.29, 0.717) is 6.04 Å². The summed E-state index contributed by atoms with van der Waals surface area (Å²) in [5, 5.41) is 17.6. The van der Waals surface area contributed by atoms with Gasteiger partial charge in [0.05, 0.1) is 15.7 Å². The normalized spacial score (nSPS) is 15.7. The first-order valence-electron chi connectivity index (χ1n) is 8.85. The SMILES string of the molecule is c1nc2ccc(Sc3nnc4ccc(NC5CCCCC5)nn34)cc2s1. The number of hydrogen-bond acceptors (Lipinski definition) is 7. The fraction of sp³-hybridized carbons (Fsp3) is 0.333. The van der Waals surface area contributed by atoms with E-state index in [1.807, 2.05) is 28.2 Å². The highest BCUT2D eigenvalue weighted by atomic mass is 32.2. The highest BCUT2D eigenvalue weighted by molar-refractivity contribution is 7.99. The van der Waals surface area contributed by atoms with Gasteiger partial charge in [0.25, 0.3) is 0 Å². The zero-order chi connectivity index (χ0) is 17.3. The second kappa shape index (κ2) is 6.85. The lowest BCUT2D eigenvalue weighted by Gasteiger charge is -2.23. The molecule has 0 aliphatic heterocycles. The van der Waals surface area contributed by atoms with E-state index in [-0.39, 0.29) is 0 Å². The van der Waals surface area contributed by atoms with E-state index < -0.39 is 0 Å². The number of nitrogens with one attached hydrogen (secondary N) is 1. The third kappa shape index (κ3) is 3.14. The summed E-state index contributed by atoms with van der Waals surface area (Å²) in [5.74, 6) is 0.893. The lowest BCUT2D eigenvalue weighted by atomic mass is 9.95. The molecule has 0 saturated heterocycles. The van der Waals surface area contributed by atoms with Gasteiger partial charge in [-0.25, -0.2) is 4.98 Å². The maximum Gasteiger partial charge on any atom is 0.217 e. The summed E-state index contributed by atoms with van der Waals surface area (Å²) in [6.07, 6.45) is 6.39. The van der Waals surface area contributed by atoms with Crippen molar-refractivity contribution >= 4 is 44.8 Å². The van der Waals surface area contributed by atoms with Gasteiger partial charge in [-0.3, -0.25) is 0 Å². The third-order valence-electron chi connectivity index (χ3n) is 4.70. The van der Waals surface area contributed by atoms with Crippen LogP contribution in [0.5, 0.6) is 0 Å². The molecule has 0 radical (unpaired) electrons. The lowest BCUT2D eigenvalue weighted by molar-refractivity contribution is 0.461. The minimum atomic E-state index is 0.523. The van der Waals surface area contributed by atoms with Gasteiger partial charge in [-0.2, -0.15) is 4.52 Å². The first-order valence-corrected chi connectivity index (χ1v) is 10.5.